The van der Waals surface area contributed by atoms with Gasteiger partial charge in [0.1, 0.15) is 16.4 Å². The van der Waals surface area contributed by atoms with Gasteiger partial charge in [-0.15, -0.1) is 11.3 Å². The minimum Gasteiger partial charge on any atom is -0.497 e. The highest BCUT2D eigenvalue weighted by Gasteiger charge is 2.19. The van der Waals surface area contributed by atoms with E-state index in [1.165, 1.54) is 18.4 Å². The van der Waals surface area contributed by atoms with Gasteiger partial charge in [0.15, 0.2) is 0 Å². The first-order valence-corrected chi connectivity index (χ1v) is 8.93. The molecule has 0 fully saturated rings. The molecular formula is C18H15Cl2NO3S. The summed E-state index contributed by atoms with van der Waals surface area (Å²) in [4.78, 5) is 13.1. The summed E-state index contributed by atoms with van der Waals surface area (Å²) < 4.78 is 11.4. The van der Waals surface area contributed by atoms with Crippen molar-refractivity contribution in [3.63, 3.8) is 0 Å². The molecule has 2 aromatic carbocycles. The van der Waals surface area contributed by atoms with Crippen LogP contribution in [0.2, 0.25) is 10.0 Å². The Hall–Kier alpha value is -1.95. The number of rotatable bonds is 4. The topological polar surface area (TPSA) is 47.6 Å². The highest BCUT2D eigenvalue weighted by Crippen LogP contribution is 2.38. The molecular weight excluding hydrogens is 381 g/mol. The molecule has 0 aliphatic heterocycles. The summed E-state index contributed by atoms with van der Waals surface area (Å²) >= 11 is 13.8. The first-order chi connectivity index (χ1) is 11.9. The number of thiophene rings is 1. The van der Waals surface area contributed by atoms with E-state index in [1.54, 1.807) is 19.2 Å². The Bertz CT molecular complexity index is 969. The quantitative estimate of drug-likeness (QED) is 0.608. The van der Waals surface area contributed by atoms with Gasteiger partial charge in [0.2, 0.25) is 0 Å². The van der Waals surface area contributed by atoms with Crippen molar-refractivity contribution in [2.45, 2.75) is 6.92 Å². The van der Waals surface area contributed by atoms with Crippen molar-refractivity contribution in [1.29, 1.82) is 0 Å². The maximum atomic E-state index is 12.7. The van der Waals surface area contributed by atoms with E-state index in [1.807, 2.05) is 25.1 Å². The number of amides is 1. The molecule has 0 saturated heterocycles. The summed E-state index contributed by atoms with van der Waals surface area (Å²) in [5.74, 6) is 0.877. The summed E-state index contributed by atoms with van der Waals surface area (Å²) in [5.41, 5.74) is 1.38. The zero-order chi connectivity index (χ0) is 18.1. The number of fused-ring (bicyclic) bond motifs is 1. The minimum absolute atomic E-state index is 0.301. The van der Waals surface area contributed by atoms with Crippen LogP contribution in [-0.2, 0) is 0 Å². The van der Waals surface area contributed by atoms with Crippen molar-refractivity contribution < 1.29 is 14.3 Å². The van der Waals surface area contributed by atoms with Crippen LogP contribution in [0.5, 0.6) is 11.5 Å². The number of carbonyl (C=O) groups excluding carboxylic acids is 1. The first-order valence-electron chi connectivity index (χ1n) is 7.36. The smallest absolute Gasteiger partial charge is 0.267 e. The molecule has 7 heteroatoms. The van der Waals surface area contributed by atoms with Crippen molar-refractivity contribution in [2.75, 3.05) is 19.5 Å². The van der Waals surface area contributed by atoms with Crippen molar-refractivity contribution >= 4 is 56.2 Å². The average Bonchev–Trinajstić information content (AvgIpc) is 2.94. The number of halogens is 2. The SMILES string of the molecule is COc1ccc2sc(C(=O)Nc3cc(C)c(Cl)cc3OC)c(Cl)c2c1. The number of nitrogens with one attached hydrogen (secondary N) is 1. The normalized spacial score (nSPS) is 10.8. The minimum atomic E-state index is -0.301. The van der Waals surface area contributed by atoms with Gasteiger partial charge < -0.3 is 14.8 Å². The molecule has 1 aromatic heterocycles. The second-order valence-electron chi connectivity index (χ2n) is 5.36. The Labute approximate surface area is 159 Å². The Morgan fingerprint density at radius 1 is 1.12 bits per heavy atom. The number of carbonyl (C=O) groups is 1. The summed E-state index contributed by atoms with van der Waals surface area (Å²) in [6.07, 6.45) is 0. The molecule has 0 atom stereocenters. The Balaban J connectivity index is 1.98. The van der Waals surface area contributed by atoms with Crippen molar-refractivity contribution in [2.24, 2.45) is 0 Å². The van der Waals surface area contributed by atoms with Crippen LogP contribution in [0.15, 0.2) is 30.3 Å². The van der Waals surface area contributed by atoms with Crippen LogP contribution in [0, 0.1) is 6.92 Å². The number of hydrogen-bond acceptors (Lipinski definition) is 4. The van der Waals surface area contributed by atoms with Crippen LogP contribution in [-0.4, -0.2) is 20.1 Å². The van der Waals surface area contributed by atoms with Gasteiger partial charge in [-0.3, -0.25) is 4.79 Å². The molecule has 1 amide bonds. The molecule has 3 aromatic rings. The van der Waals surface area contributed by atoms with Gasteiger partial charge in [0.25, 0.3) is 5.91 Å². The molecule has 0 unspecified atom stereocenters. The van der Waals surface area contributed by atoms with Crippen molar-refractivity contribution in [3.05, 3.63) is 50.8 Å². The van der Waals surface area contributed by atoms with Crippen LogP contribution in [0.3, 0.4) is 0 Å². The summed E-state index contributed by atoms with van der Waals surface area (Å²) in [6, 6.07) is 8.97. The molecule has 3 rings (SSSR count). The fourth-order valence-electron chi connectivity index (χ4n) is 2.43. The molecule has 0 saturated carbocycles. The lowest BCUT2D eigenvalue weighted by Crippen LogP contribution is -2.11. The van der Waals surface area contributed by atoms with Crippen LogP contribution < -0.4 is 14.8 Å². The highest BCUT2D eigenvalue weighted by molar-refractivity contribution is 7.21. The molecule has 130 valence electrons. The maximum absolute atomic E-state index is 12.7. The lowest BCUT2D eigenvalue weighted by Gasteiger charge is -2.11. The third-order valence-corrected chi connectivity index (χ3v) is 5.85. The predicted octanol–water partition coefficient (Wildman–Crippen LogP) is 5.79. The molecule has 0 bridgehead atoms. The van der Waals surface area contributed by atoms with Gasteiger partial charge in [-0.2, -0.15) is 0 Å². The Morgan fingerprint density at radius 2 is 1.88 bits per heavy atom. The lowest BCUT2D eigenvalue weighted by molar-refractivity contribution is 0.103. The zero-order valence-corrected chi connectivity index (χ0v) is 16.1. The average molecular weight is 396 g/mol. The summed E-state index contributed by atoms with van der Waals surface area (Å²) in [6.45, 7) is 1.86. The van der Waals surface area contributed by atoms with Gasteiger partial charge >= 0.3 is 0 Å². The number of hydrogen-bond donors (Lipinski definition) is 1. The van der Waals surface area contributed by atoms with Gasteiger partial charge in [0, 0.05) is 21.2 Å². The highest BCUT2D eigenvalue weighted by atomic mass is 35.5. The largest absolute Gasteiger partial charge is 0.497 e. The van der Waals surface area contributed by atoms with Gasteiger partial charge in [-0.05, 0) is 36.8 Å². The standard InChI is InChI=1S/C18H15Cl2NO3S/c1-9-6-13(14(24-3)8-12(9)19)21-18(22)17-16(20)11-7-10(23-2)4-5-15(11)25-17/h4-8H,1-3H3,(H,21,22). The van der Waals surface area contributed by atoms with E-state index in [2.05, 4.69) is 5.32 Å². The molecule has 4 nitrogen and oxygen atoms in total. The van der Waals surface area contributed by atoms with Crippen molar-refractivity contribution in [3.8, 4) is 11.5 Å². The number of ether oxygens (including phenoxy) is 2. The van der Waals surface area contributed by atoms with E-state index in [-0.39, 0.29) is 5.91 Å². The molecule has 0 aliphatic carbocycles. The van der Waals surface area contributed by atoms with E-state index in [0.29, 0.717) is 32.1 Å². The number of methoxy groups -OCH3 is 2. The zero-order valence-electron chi connectivity index (χ0n) is 13.8. The van der Waals surface area contributed by atoms with Crippen LogP contribution in [0.1, 0.15) is 15.2 Å². The number of anilines is 1. The van der Waals surface area contributed by atoms with Gasteiger partial charge in [-0.25, -0.2) is 0 Å². The van der Waals surface area contributed by atoms with Crippen LogP contribution in [0.4, 0.5) is 5.69 Å². The summed E-state index contributed by atoms with van der Waals surface area (Å²) in [5, 5.41) is 4.61. The van der Waals surface area contributed by atoms with Crippen LogP contribution in [0.25, 0.3) is 10.1 Å². The third-order valence-electron chi connectivity index (χ3n) is 3.77. The van der Waals surface area contributed by atoms with E-state index in [4.69, 9.17) is 32.7 Å². The summed E-state index contributed by atoms with van der Waals surface area (Å²) in [7, 11) is 3.11. The predicted molar refractivity (Wildman–Crippen MR) is 104 cm³/mol. The van der Waals surface area contributed by atoms with Gasteiger partial charge in [0.05, 0.1) is 24.9 Å². The molecule has 1 heterocycles. The first kappa shape index (κ1) is 17.9. The third kappa shape index (κ3) is 3.40. The van der Waals surface area contributed by atoms with E-state index < -0.39 is 0 Å². The monoisotopic (exact) mass is 395 g/mol. The second kappa shape index (κ2) is 7.12. The molecule has 0 aliphatic rings. The number of benzene rings is 2. The van der Waals surface area contributed by atoms with E-state index in [9.17, 15) is 4.79 Å². The molecule has 0 radical (unpaired) electrons. The van der Waals surface area contributed by atoms with Crippen LogP contribution >= 0.6 is 34.5 Å². The Morgan fingerprint density at radius 3 is 2.56 bits per heavy atom. The maximum Gasteiger partial charge on any atom is 0.267 e. The van der Waals surface area contributed by atoms with E-state index in [0.717, 1.165) is 15.6 Å². The van der Waals surface area contributed by atoms with Crippen molar-refractivity contribution in [1.82, 2.24) is 0 Å². The molecule has 0 spiro atoms. The Kier molecular flexibility index (Phi) is 5.08. The number of aryl methyl sites for hydroxylation is 1. The fraction of sp³-hybridized carbons (Fsp3) is 0.167. The van der Waals surface area contributed by atoms with E-state index >= 15 is 0 Å². The fourth-order valence-corrected chi connectivity index (χ4v) is 3.97. The van der Waals surface area contributed by atoms with Gasteiger partial charge in [-0.1, -0.05) is 23.2 Å². The lowest BCUT2D eigenvalue weighted by atomic mass is 10.2. The molecule has 25 heavy (non-hydrogen) atoms. The second-order valence-corrected chi connectivity index (χ2v) is 7.20. The molecule has 1 N–H and O–H groups in total.